The van der Waals surface area contributed by atoms with Crippen molar-refractivity contribution in [1.82, 2.24) is 5.32 Å². The van der Waals surface area contributed by atoms with Crippen LogP contribution in [0.3, 0.4) is 0 Å². The molecule has 1 N–H and O–H groups in total. The van der Waals surface area contributed by atoms with Gasteiger partial charge < -0.3 is 19.2 Å². The van der Waals surface area contributed by atoms with E-state index in [4.69, 9.17) is 13.9 Å². The van der Waals surface area contributed by atoms with Crippen LogP contribution in [0.2, 0.25) is 0 Å². The zero-order chi connectivity index (χ0) is 17.9. The molecule has 0 radical (unpaired) electrons. The number of hydrogen-bond donors (Lipinski definition) is 1. The molecule has 26 heavy (non-hydrogen) atoms. The summed E-state index contributed by atoms with van der Waals surface area (Å²) in [5, 5.41) is 2.63. The van der Waals surface area contributed by atoms with E-state index < -0.39 is 5.97 Å². The van der Waals surface area contributed by atoms with Gasteiger partial charge in [0, 0.05) is 16.0 Å². The van der Waals surface area contributed by atoms with Gasteiger partial charge in [0.25, 0.3) is 5.91 Å². The Labute approximate surface area is 153 Å². The van der Waals surface area contributed by atoms with Crippen LogP contribution in [0.1, 0.15) is 21.0 Å². The Balaban J connectivity index is 1.37. The van der Waals surface area contributed by atoms with Crippen molar-refractivity contribution in [2.75, 3.05) is 6.61 Å². The summed E-state index contributed by atoms with van der Waals surface area (Å²) in [7, 11) is 0. The Hall–Kier alpha value is -3.06. The van der Waals surface area contributed by atoms with Crippen LogP contribution in [-0.2, 0) is 22.7 Å². The molecule has 3 heterocycles. The predicted octanol–water partition coefficient (Wildman–Crippen LogP) is 3.37. The van der Waals surface area contributed by atoms with E-state index in [0.29, 0.717) is 17.2 Å². The molecule has 3 aromatic rings. The molecule has 1 aromatic carbocycles. The third-order valence-electron chi connectivity index (χ3n) is 3.90. The van der Waals surface area contributed by atoms with Crippen LogP contribution in [0, 0.1) is 0 Å². The fraction of sp³-hybridized carbons (Fsp3) is 0.158. The largest absolute Gasteiger partial charge is 0.488 e. The highest BCUT2D eigenvalue weighted by molar-refractivity contribution is 7.17. The molecule has 0 saturated carbocycles. The molecule has 0 aliphatic carbocycles. The molecule has 0 atom stereocenters. The highest BCUT2D eigenvalue weighted by Gasteiger charge is 2.23. The first kappa shape index (κ1) is 16.4. The van der Waals surface area contributed by atoms with Crippen LogP contribution >= 0.6 is 11.3 Å². The molecular formula is C19H15NO5S. The Morgan fingerprint density at radius 1 is 1.19 bits per heavy atom. The van der Waals surface area contributed by atoms with E-state index >= 15 is 0 Å². The summed E-state index contributed by atoms with van der Waals surface area (Å²) in [5.41, 5.74) is 1.91. The summed E-state index contributed by atoms with van der Waals surface area (Å²) in [6, 6.07) is 13.0. The summed E-state index contributed by atoms with van der Waals surface area (Å²) in [6.07, 6.45) is 1.53. The van der Waals surface area contributed by atoms with Crippen molar-refractivity contribution < 1.29 is 23.5 Å². The van der Waals surface area contributed by atoms with E-state index in [1.807, 2.05) is 24.3 Å². The molecule has 0 unspecified atom stereocenters. The molecule has 0 spiro atoms. The lowest BCUT2D eigenvalue weighted by atomic mass is 10.1. The van der Waals surface area contributed by atoms with Gasteiger partial charge >= 0.3 is 5.97 Å². The SMILES string of the molecule is O=C(COC(=O)c1cc2c(s1)-c1ccccc1OC2)NCc1ccco1. The average Bonchev–Trinajstić information content (AvgIpc) is 3.33. The maximum absolute atomic E-state index is 12.3. The number of carbonyl (C=O) groups excluding carboxylic acids is 2. The quantitative estimate of drug-likeness (QED) is 0.698. The molecule has 0 saturated heterocycles. The Morgan fingerprint density at radius 3 is 2.92 bits per heavy atom. The smallest absolute Gasteiger partial charge is 0.348 e. The first-order valence-corrected chi connectivity index (χ1v) is 8.83. The fourth-order valence-corrected chi connectivity index (χ4v) is 3.74. The minimum Gasteiger partial charge on any atom is -0.488 e. The Kier molecular flexibility index (Phi) is 4.45. The number of furan rings is 1. The first-order chi connectivity index (χ1) is 12.7. The maximum atomic E-state index is 12.3. The van der Waals surface area contributed by atoms with Gasteiger partial charge in [0.1, 0.15) is 23.0 Å². The normalized spacial score (nSPS) is 11.8. The van der Waals surface area contributed by atoms with Gasteiger partial charge in [-0.1, -0.05) is 12.1 Å². The van der Waals surface area contributed by atoms with Crippen molar-refractivity contribution in [3.05, 3.63) is 64.9 Å². The molecule has 0 fully saturated rings. The topological polar surface area (TPSA) is 77.8 Å². The molecule has 1 aliphatic heterocycles. The number of amides is 1. The van der Waals surface area contributed by atoms with Gasteiger partial charge in [-0.3, -0.25) is 4.79 Å². The van der Waals surface area contributed by atoms with E-state index in [9.17, 15) is 9.59 Å². The van der Waals surface area contributed by atoms with E-state index in [2.05, 4.69) is 5.32 Å². The van der Waals surface area contributed by atoms with Crippen LogP contribution in [0.15, 0.2) is 53.1 Å². The highest BCUT2D eigenvalue weighted by atomic mass is 32.1. The van der Waals surface area contributed by atoms with E-state index in [1.54, 1.807) is 18.2 Å². The summed E-state index contributed by atoms with van der Waals surface area (Å²) >= 11 is 1.35. The van der Waals surface area contributed by atoms with E-state index in [-0.39, 0.29) is 19.1 Å². The highest BCUT2D eigenvalue weighted by Crippen LogP contribution is 2.42. The monoisotopic (exact) mass is 369 g/mol. The zero-order valence-corrected chi connectivity index (χ0v) is 14.5. The summed E-state index contributed by atoms with van der Waals surface area (Å²) in [5.74, 6) is 0.535. The molecule has 1 amide bonds. The average molecular weight is 369 g/mol. The van der Waals surface area contributed by atoms with Crippen molar-refractivity contribution in [3.8, 4) is 16.2 Å². The number of carbonyl (C=O) groups is 2. The molecule has 0 bridgehead atoms. The van der Waals surface area contributed by atoms with Gasteiger partial charge in [0.15, 0.2) is 6.61 Å². The predicted molar refractivity (Wildman–Crippen MR) is 94.9 cm³/mol. The third kappa shape index (κ3) is 3.34. The van der Waals surface area contributed by atoms with Crippen molar-refractivity contribution in [2.24, 2.45) is 0 Å². The van der Waals surface area contributed by atoms with E-state index in [0.717, 1.165) is 21.8 Å². The lowest BCUT2D eigenvalue weighted by molar-refractivity contribution is -0.124. The third-order valence-corrected chi connectivity index (χ3v) is 5.09. The number of hydrogen-bond acceptors (Lipinski definition) is 6. The number of rotatable bonds is 5. The molecule has 7 heteroatoms. The van der Waals surface area contributed by atoms with Crippen molar-refractivity contribution >= 4 is 23.2 Å². The van der Waals surface area contributed by atoms with Gasteiger partial charge in [0.05, 0.1) is 12.8 Å². The van der Waals surface area contributed by atoms with Crippen molar-refractivity contribution in [2.45, 2.75) is 13.2 Å². The number of para-hydroxylation sites is 1. The second kappa shape index (κ2) is 7.05. The Bertz CT molecular complexity index is 945. The number of esters is 1. The van der Waals surface area contributed by atoms with Crippen LogP contribution in [0.25, 0.3) is 10.4 Å². The number of nitrogens with one attached hydrogen (secondary N) is 1. The first-order valence-electron chi connectivity index (χ1n) is 8.02. The van der Waals surface area contributed by atoms with Crippen LogP contribution in [0.4, 0.5) is 0 Å². The summed E-state index contributed by atoms with van der Waals surface area (Å²) in [6.45, 7) is 0.333. The van der Waals surface area contributed by atoms with Crippen LogP contribution < -0.4 is 10.1 Å². The molecule has 6 nitrogen and oxygen atoms in total. The Morgan fingerprint density at radius 2 is 2.08 bits per heavy atom. The van der Waals surface area contributed by atoms with Gasteiger partial charge in [-0.2, -0.15) is 0 Å². The minimum absolute atomic E-state index is 0.255. The summed E-state index contributed by atoms with van der Waals surface area (Å²) < 4.78 is 15.9. The maximum Gasteiger partial charge on any atom is 0.348 e. The number of ether oxygens (including phenoxy) is 2. The van der Waals surface area contributed by atoms with E-state index in [1.165, 1.54) is 17.6 Å². The lowest BCUT2D eigenvalue weighted by Gasteiger charge is -2.16. The lowest BCUT2D eigenvalue weighted by Crippen LogP contribution is -2.28. The molecule has 4 rings (SSSR count). The fourth-order valence-electron chi connectivity index (χ4n) is 2.65. The number of thiophene rings is 1. The van der Waals surface area contributed by atoms with Crippen molar-refractivity contribution in [1.29, 1.82) is 0 Å². The zero-order valence-electron chi connectivity index (χ0n) is 13.7. The van der Waals surface area contributed by atoms with Gasteiger partial charge in [-0.05, 0) is 30.3 Å². The standard InChI is InChI=1S/C19H15NO5S/c21-17(20-9-13-4-3-7-23-13)11-25-19(22)16-8-12-10-24-15-6-2-1-5-14(15)18(12)26-16/h1-8H,9-11H2,(H,20,21). The second-order valence-electron chi connectivity index (χ2n) is 5.68. The second-order valence-corrected chi connectivity index (χ2v) is 6.73. The van der Waals surface area contributed by atoms with Gasteiger partial charge in [-0.15, -0.1) is 11.3 Å². The van der Waals surface area contributed by atoms with Crippen LogP contribution in [0.5, 0.6) is 5.75 Å². The summed E-state index contributed by atoms with van der Waals surface area (Å²) in [4.78, 5) is 25.5. The molecular weight excluding hydrogens is 354 g/mol. The van der Waals surface area contributed by atoms with Gasteiger partial charge in [0.2, 0.25) is 0 Å². The molecule has 2 aromatic heterocycles. The van der Waals surface area contributed by atoms with Crippen molar-refractivity contribution in [3.63, 3.8) is 0 Å². The minimum atomic E-state index is -0.518. The number of benzene rings is 1. The van der Waals surface area contributed by atoms with Crippen LogP contribution in [-0.4, -0.2) is 18.5 Å². The molecule has 1 aliphatic rings. The molecule has 132 valence electrons. The number of fused-ring (bicyclic) bond motifs is 3. The van der Waals surface area contributed by atoms with Gasteiger partial charge in [-0.25, -0.2) is 4.79 Å².